The third-order valence-corrected chi connectivity index (χ3v) is 7.57. The molecule has 0 bridgehead atoms. The summed E-state index contributed by atoms with van der Waals surface area (Å²) in [7, 11) is 1.46. The summed E-state index contributed by atoms with van der Waals surface area (Å²) in [5.41, 5.74) is 3.11. The molecule has 3 aromatic rings. The first-order valence-corrected chi connectivity index (χ1v) is 14.0. The van der Waals surface area contributed by atoms with E-state index in [4.69, 9.17) is 21.1 Å². The normalized spacial score (nSPS) is 17.2. The Balaban J connectivity index is 1.78. The van der Waals surface area contributed by atoms with E-state index in [2.05, 4.69) is 6.58 Å². The summed E-state index contributed by atoms with van der Waals surface area (Å²) in [6, 6.07) is 12.9. The van der Waals surface area contributed by atoms with Crippen molar-refractivity contribution in [1.29, 1.82) is 0 Å². The predicted octanol–water partition coefficient (Wildman–Crippen LogP) is 9.02. The SMILES string of the molecule is C=C(/C=C\C=C(/C)Cl)[C@H]1OC(=O)N(Cc2cc(C(F)(F)F)ccc2-c2cc(-c3ccc(C(=O)O)cc3C)ccc2OC)[C@H]1C. The van der Waals surface area contributed by atoms with Crippen molar-refractivity contribution in [1.82, 2.24) is 4.90 Å². The number of amides is 1. The van der Waals surface area contributed by atoms with Gasteiger partial charge in [0.05, 0.1) is 30.8 Å². The average Bonchev–Trinajstić information content (AvgIpc) is 3.24. The van der Waals surface area contributed by atoms with Gasteiger partial charge in [-0.3, -0.25) is 4.90 Å². The molecule has 1 saturated heterocycles. The number of allylic oxidation sites excluding steroid dienone is 3. The van der Waals surface area contributed by atoms with Crippen molar-refractivity contribution in [2.45, 2.75) is 45.6 Å². The predicted molar refractivity (Wildman–Crippen MR) is 164 cm³/mol. The lowest BCUT2D eigenvalue weighted by atomic mass is 9.91. The maximum absolute atomic E-state index is 13.9. The minimum Gasteiger partial charge on any atom is -0.496 e. The topological polar surface area (TPSA) is 76.1 Å². The monoisotopic (exact) mass is 625 g/mol. The molecule has 0 unspecified atom stereocenters. The molecule has 1 aliphatic heterocycles. The zero-order chi connectivity index (χ0) is 32.3. The Morgan fingerprint density at radius 2 is 1.82 bits per heavy atom. The van der Waals surface area contributed by atoms with Gasteiger partial charge in [0.25, 0.3) is 0 Å². The highest BCUT2D eigenvalue weighted by molar-refractivity contribution is 6.29. The molecule has 6 nitrogen and oxygen atoms in total. The van der Waals surface area contributed by atoms with Gasteiger partial charge in [-0.25, -0.2) is 9.59 Å². The second-order valence-electron chi connectivity index (χ2n) is 10.5. The van der Waals surface area contributed by atoms with Crippen molar-refractivity contribution in [3.8, 4) is 28.0 Å². The molecular formula is C34H31ClF3NO5. The van der Waals surface area contributed by atoms with Crippen LogP contribution in [0.3, 0.4) is 0 Å². The Hall–Kier alpha value is -4.50. The summed E-state index contributed by atoms with van der Waals surface area (Å²) in [5, 5.41) is 9.90. The highest BCUT2D eigenvalue weighted by atomic mass is 35.5. The number of ether oxygens (including phenoxy) is 2. The molecule has 0 aromatic heterocycles. The van der Waals surface area contributed by atoms with Crippen LogP contribution in [-0.2, 0) is 17.5 Å². The number of carbonyl (C=O) groups excluding carboxylic acids is 1. The van der Waals surface area contributed by atoms with E-state index in [1.807, 2.05) is 0 Å². The Bertz CT molecular complexity index is 1670. The van der Waals surface area contributed by atoms with Crippen molar-refractivity contribution in [3.05, 3.63) is 112 Å². The van der Waals surface area contributed by atoms with Gasteiger partial charge in [0.2, 0.25) is 0 Å². The first-order chi connectivity index (χ1) is 20.7. The molecule has 10 heteroatoms. The first-order valence-electron chi connectivity index (χ1n) is 13.6. The van der Waals surface area contributed by atoms with E-state index >= 15 is 0 Å². The molecule has 230 valence electrons. The Morgan fingerprint density at radius 3 is 2.43 bits per heavy atom. The number of methoxy groups -OCH3 is 1. The van der Waals surface area contributed by atoms with E-state index in [9.17, 15) is 27.9 Å². The zero-order valence-electron chi connectivity index (χ0n) is 24.5. The van der Waals surface area contributed by atoms with Gasteiger partial charge in [0, 0.05) is 10.6 Å². The first kappa shape index (κ1) is 32.4. The molecule has 4 rings (SSSR count). The van der Waals surface area contributed by atoms with Crippen molar-refractivity contribution in [2.75, 3.05) is 7.11 Å². The number of hydrogen-bond acceptors (Lipinski definition) is 4. The van der Waals surface area contributed by atoms with E-state index in [-0.39, 0.29) is 17.7 Å². The number of benzene rings is 3. The molecule has 2 atom stereocenters. The van der Waals surface area contributed by atoms with Gasteiger partial charge in [-0.15, -0.1) is 0 Å². The number of halogens is 4. The molecule has 1 fully saturated rings. The van der Waals surface area contributed by atoms with E-state index in [0.29, 0.717) is 38.6 Å². The summed E-state index contributed by atoms with van der Waals surface area (Å²) in [4.78, 5) is 25.8. The number of cyclic esters (lactones) is 1. The van der Waals surface area contributed by atoms with E-state index < -0.39 is 35.9 Å². The minimum absolute atomic E-state index is 0.138. The Morgan fingerprint density at radius 1 is 1.11 bits per heavy atom. The summed E-state index contributed by atoms with van der Waals surface area (Å²) in [6.07, 6.45) is -1.01. The number of alkyl halides is 3. The zero-order valence-corrected chi connectivity index (χ0v) is 25.3. The van der Waals surface area contributed by atoms with Crippen LogP contribution in [0, 0.1) is 6.92 Å². The third-order valence-electron chi connectivity index (χ3n) is 7.44. The molecule has 0 aliphatic carbocycles. The summed E-state index contributed by atoms with van der Waals surface area (Å²) >= 11 is 5.86. The van der Waals surface area contributed by atoms with Crippen LogP contribution in [0.5, 0.6) is 5.75 Å². The molecule has 1 N–H and O–H groups in total. The van der Waals surface area contributed by atoms with Gasteiger partial charge in [-0.2, -0.15) is 13.2 Å². The molecule has 1 aliphatic rings. The average molecular weight is 626 g/mol. The van der Waals surface area contributed by atoms with Crippen LogP contribution in [0.4, 0.5) is 18.0 Å². The van der Waals surface area contributed by atoms with Crippen LogP contribution >= 0.6 is 11.6 Å². The number of nitrogens with zero attached hydrogens (tertiary/aromatic N) is 1. The molecule has 3 aromatic carbocycles. The van der Waals surface area contributed by atoms with Crippen LogP contribution in [0.2, 0.25) is 0 Å². The van der Waals surface area contributed by atoms with E-state index in [0.717, 1.165) is 17.7 Å². The number of aryl methyl sites for hydroxylation is 1. The fourth-order valence-electron chi connectivity index (χ4n) is 5.15. The van der Waals surface area contributed by atoms with Crippen molar-refractivity contribution < 1.29 is 37.3 Å². The van der Waals surface area contributed by atoms with E-state index in [1.165, 1.54) is 24.1 Å². The standard InChI is InChI=1S/C34H31ClF3NO5/c1-19(7-6-8-21(3)35)31-22(4)39(33(42)44-31)18-25-16-26(34(36,37)38)11-13-28(25)29-17-23(10-14-30(29)43-5)27-12-9-24(32(40)41)15-20(27)2/h6-17,22,31H,1,18H2,2-5H3,(H,40,41)/b7-6-,21-8+/t22-,31+/m0/s1. The van der Waals surface area contributed by atoms with Crippen LogP contribution in [0.1, 0.15) is 40.9 Å². The summed E-state index contributed by atoms with van der Waals surface area (Å²) < 4.78 is 52.8. The molecular weight excluding hydrogens is 595 g/mol. The lowest BCUT2D eigenvalue weighted by molar-refractivity contribution is -0.137. The third kappa shape index (κ3) is 7.00. The Labute approximate surface area is 258 Å². The van der Waals surface area contributed by atoms with Crippen LogP contribution in [-0.4, -0.2) is 41.3 Å². The molecule has 0 saturated carbocycles. The van der Waals surface area contributed by atoms with Gasteiger partial charge >= 0.3 is 18.2 Å². The van der Waals surface area contributed by atoms with Gasteiger partial charge < -0.3 is 14.6 Å². The van der Waals surface area contributed by atoms with Gasteiger partial charge in [-0.1, -0.05) is 48.5 Å². The van der Waals surface area contributed by atoms with Crippen LogP contribution in [0.25, 0.3) is 22.3 Å². The Kier molecular flexibility index (Phi) is 9.59. The quantitative estimate of drug-likeness (QED) is 0.240. The minimum atomic E-state index is -4.62. The number of carboxylic acids is 1. The van der Waals surface area contributed by atoms with Crippen molar-refractivity contribution >= 4 is 23.7 Å². The maximum atomic E-state index is 13.9. The summed E-state index contributed by atoms with van der Waals surface area (Å²) in [5.74, 6) is -0.645. The van der Waals surface area contributed by atoms with Gasteiger partial charge in [0.15, 0.2) is 0 Å². The smallest absolute Gasteiger partial charge is 0.416 e. The van der Waals surface area contributed by atoms with Crippen molar-refractivity contribution in [3.63, 3.8) is 0 Å². The van der Waals surface area contributed by atoms with Crippen LogP contribution in [0.15, 0.2) is 90.0 Å². The maximum Gasteiger partial charge on any atom is 0.416 e. The van der Waals surface area contributed by atoms with Gasteiger partial charge in [0.1, 0.15) is 11.9 Å². The molecule has 1 heterocycles. The van der Waals surface area contributed by atoms with Crippen molar-refractivity contribution in [2.24, 2.45) is 0 Å². The van der Waals surface area contributed by atoms with E-state index in [1.54, 1.807) is 69.3 Å². The molecule has 44 heavy (non-hydrogen) atoms. The fraction of sp³-hybridized carbons (Fsp3) is 0.235. The summed E-state index contributed by atoms with van der Waals surface area (Å²) in [6.45, 7) is 9.06. The molecule has 1 amide bonds. The number of aromatic carboxylic acids is 1. The number of hydrogen-bond donors (Lipinski definition) is 1. The number of carboxylic acid groups (broad SMARTS) is 1. The highest BCUT2D eigenvalue weighted by Gasteiger charge is 2.40. The second-order valence-corrected chi connectivity index (χ2v) is 11.1. The second kappa shape index (κ2) is 13.0. The van der Waals surface area contributed by atoms with Gasteiger partial charge in [-0.05, 0) is 96.6 Å². The molecule has 0 spiro atoms. The highest BCUT2D eigenvalue weighted by Crippen LogP contribution is 2.40. The molecule has 0 radical (unpaired) electrons. The fourth-order valence-corrected chi connectivity index (χ4v) is 5.22. The van der Waals surface area contributed by atoms with Crippen LogP contribution < -0.4 is 4.74 Å². The lowest BCUT2D eigenvalue weighted by Gasteiger charge is -2.24. The lowest BCUT2D eigenvalue weighted by Crippen LogP contribution is -2.34. The number of rotatable bonds is 9. The largest absolute Gasteiger partial charge is 0.496 e. The number of carbonyl (C=O) groups is 2.